The minimum absolute atomic E-state index is 0.304. The van der Waals surface area contributed by atoms with Crippen molar-refractivity contribution in [3.05, 3.63) is 50.1 Å². The molecule has 0 spiro atoms. The number of halogens is 1. The highest BCUT2D eigenvalue weighted by Crippen LogP contribution is 2.27. The lowest BCUT2D eigenvalue weighted by Gasteiger charge is -2.08. The quantitative estimate of drug-likeness (QED) is 0.814. The van der Waals surface area contributed by atoms with E-state index in [1.165, 1.54) is 11.3 Å². The molecule has 0 bridgehead atoms. The van der Waals surface area contributed by atoms with Gasteiger partial charge in [-0.3, -0.25) is 0 Å². The van der Waals surface area contributed by atoms with E-state index in [0.717, 1.165) is 10.0 Å². The van der Waals surface area contributed by atoms with Gasteiger partial charge in [0.1, 0.15) is 10.6 Å². The first-order valence-corrected chi connectivity index (χ1v) is 7.57. The summed E-state index contributed by atoms with van der Waals surface area (Å²) in [5.41, 5.74) is 1.54. The number of hydrogen-bond acceptors (Lipinski definition) is 4. The van der Waals surface area contributed by atoms with Crippen LogP contribution in [0.1, 0.15) is 20.8 Å². The van der Waals surface area contributed by atoms with Crippen LogP contribution in [0.3, 0.4) is 0 Å². The fourth-order valence-corrected chi connectivity index (χ4v) is 2.94. The van der Waals surface area contributed by atoms with Crippen molar-refractivity contribution in [1.29, 1.82) is 0 Å². The zero-order chi connectivity index (χ0) is 15.4. The van der Waals surface area contributed by atoms with E-state index in [1.807, 2.05) is 0 Å². The third kappa shape index (κ3) is 4.05. The Morgan fingerprint density at radius 2 is 1.95 bits per heavy atom. The predicted octanol–water partition coefficient (Wildman–Crippen LogP) is 3.26. The first kappa shape index (κ1) is 15.5. The molecule has 5 nitrogen and oxygen atoms in total. The van der Waals surface area contributed by atoms with E-state index in [2.05, 4.69) is 15.9 Å². The number of carboxylic acid groups (broad SMARTS) is 2. The molecule has 7 heteroatoms. The lowest BCUT2D eigenvalue weighted by molar-refractivity contribution is -0.139. The van der Waals surface area contributed by atoms with Gasteiger partial charge in [0.2, 0.25) is 0 Å². The fraction of sp³-hybridized carbons (Fsp3) is 0.143. The maximum Gasteiger partial charge on any atom is 0.346 e. The first-order valence-electron chi connectivity index (χ1n) is 5.90. The normalized spacial score (nSPS) is 10.3. The molecule has 0 radical (unpaired) electrons. The van der Waals surface area contributed by atoms with Gasteiger partial charge in [-0.25, -0.2) is 9.59 Å². The van der Waals surface area contributed by atoms with Crippen LogP contribution in [-0.2, 0) is 11.2 Å². The van der Waals surface area contributed by atoms with Crippen LogP contribution in [0, 0.1) is 0 Å². The van der Waals surface area contributed by atoms with Gasteiger partial charge in [0.25, 0.3) is 0 Å². The molecule has 0 saturated carbocycles. The van der Waals surface area contributed by atoms with Gasteiger partial charge < -0.3 is 14.9 Å². The van der Waals surface area contributed by atoms with Crippen molar-refractivity contribution < 1.29 is 24.5 Å². The minimum Gasteiger partial charge on any atom is -0.482 e. The Labute approximate surface area is 132 Å². The Balaban J connectivity index is 2.22. The van der Waals surface area contributed by atoms with Crippen LogP contribution in [0.5, 0.6) is 5.75 Å². The lowest BCUT2D eigenvalue weighted by Crippen LogP contribution is -2.09. The van der Waals surface area contributed by atoms with E-state index >= 15 is 0 Å². The molecule has 2 rings (SSSR count). The zero-order valence-corrected chi connectivity index (χ0v) is 13.1. The highest BCUT2D eigenvalue weighted by Gasteiger charge is 2.14. The van der Waals surface area contributed by atoms with Crippen molar-refractivity contribution in [1.82, 2.24) is 0 Å². The van der Waals surface area contributed by atoms with Crippen molar-refractivity contribution in [2.45, 2.75) is 6.42 Å². The largest absolute Gasteiger partial charge is 0.482 e. The van der Waals surface area contributed by atoms with E-state index in [1.54, 1.807) is 29.6 Å². The number of carboxylic acids is 2. The summed E-state index contributed by atoms with van der Waals surface area (Å²) in [6, 6.07) is 6.88. The zero-order valence-electron chi connectivity index (χ0n) is 10.7. The van der Waals surface area contributed by atoms with Crippen molar-refractivity contribution in [2.24, 2.45) is 0 Å². The Morgan fingerprint density at radius 1 is 1.19 bits per heavy atom. The molecular formula is C14H11BrO5S. The molecule has 2 N–H and O–H groups in total. The average Bonchev–Trinajstić information content (AvgIpc) is 2.88. The smallest absolute Gasteiger partial charge is 0.346 e. The Morgan fingerprint density at radius 3 is 2.62 bits per heavy atom. The van der Waals surface area contributed by atoms with Gasteiger partial charge in [-0.2, -0.15) is 0 Å². The molecule has 0 amide bonds. The summed E-state index contributed by atoms with van der Waals surface area (Å²) >= 11 is 4.58. The highest BCUT2D eigenvalue weighted by molar-refractivity contribution is 9.10. The van der Waals surface area contributed by atoms with E-state index < -0.39 is 18.5 Å². The number of carbonyl (C=O) groups is 2. The van der Waals surface area contributed by atoms with Crippen molar-refractivity contribution in [2.75, 3.05) is 6.61 Å². The summed E-state index contributed by atoms with van der Waals surface area (Å²) in [6.45, 7) is -0.417. The van der Waals surface area contributed by atoms with Crippen LogP contribution in [0.2, 0.25) is 0 Å². The molecule has 2 aromatic rings. The molecule has 0 unspecified atom stereocenters. The SMILES string of the molecule is O=C(O)COc1ccc(Br)c(Cc2ccsc2C(=O)O)c1. The molecule has 0 saturated heterocycles. The summed E-state index contributed by atoms with van der Waals surface area (Å²) in [5, 5.41) is 19.4. The van der Waals surface area contributed by atoms with Crippen LogP contribution < -0.4 is 4.74 Å². The summed E-state index contributed by atoms with van der Waals surface area (Å²) in [5.74, 6) is -1.57. The monoisotopic (exact) mass is 370 g/mol. The third-order valence-electron chi connectivity index (χ3n) is 2.70. The minimum atomic E-state index is -1.05. The second kappa shape index (κ2) is 6.73. The molecule has 0 aliphatic rings. The fourth-order valence-electron chi connectivity index (χ4n) is 1.79. The Kier molecular flexibility index (Phi) is 4.98. The Hall–Kier alpha value is -1.86. The second-order valence-corrected chi connectivity index (χ2v) is 5.96. The van der Waals surface area contributed by atoms with Crippen molar-refractivity contribution in [3.63, 3.8) is 0 Å². The predicted molar refractivity (Wildman–Crippen MR) is 81.4 cm³/mol. The van der Waals surface area contributed by atoms with Gasteiger partial charge in [0.05, 0.1) is 0 Å². The number of thiophene rings is 1. The molecular weight excluding hydrogens is 360 g/mol. The number of aromatic carboxylic acids is 1. The maximum absolute atomic E-state index is 11.1. The van der Waals surface area contributed by atoms with E-state index in [4.69, 9.17) is 14.9 Å². The van der Waals surface area contributed by atoms with Crippen LogP contribution in [-0.4, -0.2) is 28.8 Å². The molecule has 21 heavy (non-hydrogen) atoms. The van der Waals surface area contributed by atoms with Crippen LogP contribution in [0.15, 0.2) is 34.1 Å². The maximum atomic E-state index is 11.1. The van der Waals surface area contributed by atoms with Gasteiger partial charge in [-0.05, 0) is 40.8 Å². The summed E-state index contributed by atoms with van der Waals surface area (Å²) in [7, 11) is 0. The second-order valence-electron chi connectivity index (χ2n) is 4.19. The van der Waals surface area contributed by atoms with Crippen molar-refractivity contribution >= 4 is 39.2 Å². The number of benzene rings is 1. The van der Waals surface area contributed by atoms with Crippen molar-refractivity contribution in [3.8, 4) is 5.75 Å². The van der Waals surface area contributed by atoms with E-state index in [9.17, 15) is 9.59 Å². The van der Waals surface area contributed by atoms with Gasteiger partial charge >= 0.3 is 11.9 Å². The first-order chi connectivity index (χ1) is 9.97. The van der Waals surface area contributed by atoms with Gasteiger partial charge in [0, 0.05) is 10.9 Å². The topological polar surface area (TPSA) is 83.8 Å². The van der Waals surface area contributed by atoms with Gasteiger partial charge in [-0.1, -0.05) is 15.9 Å². The lowest BCUT2D eigenvalue weighted by atomic mass is 10.1. The summed E-state index contributed by atoms with van der Waals surface area (Å²) in [4.78, 5) is 21.9. The molecule has 0 atom stereocenters. The molecule has 0 aliphatic carbocycles. The summed E-state index contributed by atoms with van der Waals surface area (Å²) in [6.07, 6.45) is 0.427. The molecule has 1 aromatic heterocycles. The molecule has 110 valence electrons. The standard InChI is InChI=1S/C14H11BrO5S/c15-11-2-1-10(20-7-12(16)17)6-9(11)5-8-3-4-21-13(8)14(18)19/h1-4,6H,5,7H2,(H,16,17)(H,18,19). The van der Waals surface area contributed by atoms with Crippen LogP contribution >= 0.6 is 27.3 Å². The third-order valence-corrected chi connectivity index (χ3v) is 4.42. The highest BCUT2D eigenvalue weighted by atomic mass is 79.9. The van der Waals surface area contributed by atoms with Crippen LogP contribution in [0.25, 0.3) is 0 Å². The number of aliphatic carboxylic acids is 1. The number of ether oxygens (including phenoxy) is 1. The molecule has 0 fully saturated rings. The average molecular weight is 371 g/mol. The molecule has 1 aromatic carbocycles. The number of hydrogen-bond donors (Lipinski definition) is 2. The van der Waals surface area contributed by atoms with E-state index in [0.29, 0.717) is 22.6 Å². The number of rotatable bonds is 6. The summed E-state index contributed by atoms with van der Waals surface area (Å²) < 4.78 is 5.94. The van der Waals surface area contributed by atoms with Gasteiger partial charge in [-0.15, -0.1) is 11.3 Å². The van der Waals surface area contributed by atoms with Gasteiger partial charge in [0.15, 0.2) is 6.61 Å². The molecule has 0 aliphatic heterocycles. The Bertz CT molecular complexity index is 680. The van der Waals surface area contributed by atoms with Crippen LogP contribution in [0.4, 0.5) is 0 Å². The molecule has 1 heterocycles. The van der Waals surface area contributed by atoms with E-state index in [-0.39, 0.29) is 0 Å².